The van der Waals surface area contributed by atoms with Gasteiger partial charge in [0.15, 0.2) is 5.82 Å². The molecule has 1 aliphatic heterocycles. The Labute approximate surface area is 230 Å². The van der Waals surface area contributed by atoms with Crippen molar-refractivity contribution in [2.24, 2.45) is 0 Å². The molecule has 1 saturated heterocycles. The second-order valence-corrected chi connectivity index (χ2v) is 9.94. The molecule has 39 heavy (non-hydrogen) atoms. The van der Waals surface area contributed by atoms with Gasteiger partial charge < -0.3 is 24.4 Å². The number of amides is 1. The lowest BCUT2D eigenvalue weighted by molar-refractivity contribution is -0.131. The number of hydrogen-bond donors (Lipinski definition) is 1. The SMILES string of the molecule is CC(=O)Oc1ccccc1C(=O)N1CCN(c2nc(C(O)c3ccc(Oc4ccccc4)cc3)ns2)CC1C. The number of piperazine rings is 1. The maximum absolute atomic E-state index is 13.3. The number of carbonyl (C=O) groups is 2. The van der Waals surface area contributed by atoms with Gasteiger partial charge >= 0.3 is 5.97 Å². The normalized spacial score (nSPS) is 16.0. The van der Waals surface area contributed by atoms with E-state index >= 15 is 0 Å². The van der Waals surface area contributed by atoms with Crippen LogP contribution in [0.4, 0.5) is 5.13 Å². The number of aliphatic hydroxyl groups is 1. The zero-order valence-electron chi connectivity index (χ0n) is 21.6. The smallest absolute Gasteiger partial charge is 0.308 e. The number of para-hydroxylation sites is 2. The number of esters is 1. The van der Waals surface area contributed by atoms with Crippen LogP contribution in [0.25, 0.3) is 0 Å². The highest BCUT2D eigenvalue weighted by atomic mass is 32.1. The van der Waals surface area contributed by atoms with Crippen LogP contribution in [0.5, 0.6) is 17.2 Å². The molecule has 1 aromatic heterocycles. The van der Waals surface area contributed by atoms with Crippen LogP contribution in [0.3, 0.4) is 0 Å². The van der Waals surface area contributed by atoms with Crippen molar-refractivity contribution in [3.05, 3.63) is 95.8 Å². The Morgan fingerprint density at radius 2 is 1.67 bits per heavy atom. The van der Waals surface area contributed by atoms with Crippen molar-refractivity contribution < 1.29 is 24.2 Å². The minimum absolute atomic E-state index is 0.119. The third-order valence-electron chi connectivity index (χ3n) is 6.38. The van der Waals surface area contributed by atoms with E-state index in [1.54, 1.807) is 53.4 Å². The number of hydrogen-bond acceptors (Lipinski definition) is 9. The quantitative estimate of drug-likeness (QED) is 0.264. The van der Waals surface area contributed by atoms with Gasteiger partial charge in [0.2, 0.25) is 5.13 Å². The minimum Gasteiger partial charge on any atom is -0.457 e. The first-order chi connectivity index (χ1) is 18.9. The van der Waals surface area contributed by atoms with Gasteiger partial charge in [-0.1, -0.05) is 42.5 Å². The summed E-state index contributed by atoms with van der Waals surface area (Å²) in [5.41, 5.74) is 1.02. The monoisotopic (exact) mass is 544 g/mol. The molecule has 200 valence electrons. The van der Waals surface area contributed by atoms with Crippen molar-refractivity contribution in [2.75, 3.05) is 24.5 Å². The van der Waals surface area contributed by atoms with E-state index in [2.05, 4.69) is 14.3 Å². The molecule has 2 atom stereocenters. The maximum atomic E-state index is 13.3. The van der Waals surface area contributed by atoms with Crippen LogP contribution in [0.1, 0.15) is 41.7 Å². The van der Waals surface area contributed by atoms with E-state index in [1.807, 2.05) is 37.3 Å². The number of carbonyl (C=O) groups excluding carboxylic acids is 2. The Morgan fingerprint density at radius 1 is 0.974 bits per heavy atom. The Hall–Kier alpha value is -4.28. The zero-order valence-corrected chi connectivity index (χ0v) is 22.4. The molecular formula is C29H28N4O5S. The van der Waals surface area contributed by atoms with Crippen LogP contribution < -0.4 is 14.4 Å². The number of aromatic nitrogens is 2. The lowest BCUT2D eigenvalue weighted by Gasteiger charge is -2.39. The summed E-state index contributed by atoms with van der Waals surface area (Å²) in [6.07, 6.45) is -0.973. The van der Waals surface area contributed by atoms with Gasteiger partial charge in [0.1, 0.15) is 23.4 Å². The molecule has 5 rings (SSSR count). The molecule has 0 spiro atoms. The van der Waals surface area contributed by atoms with Crippen molar-refractivity contribution in [3.8, 4) is 17.2 Å². The summed E-state index contributed by atoms with van der Waals surface area (Å²) in [7, 11) is 0. The summed E-state index contributed by atoms with van der Waals surface area (Å²) in [5.74, 6) is 1.33. The molecular weight excluding hydrogens is 516 g/mol. The lowest BCUT2D eigenvalue weighted by Crippen LogP contribution is -2.54. The van der Waals surface area contributed by atoms with E-state index in [4.69, 9.17) is 9.47 Å². The zero-order chi connectivity index (χ0) is 27.4. The van der Waals surface area contributed by atoms with Gasteiger partial charge in [0, 0.05) is 44.1 Å². The summed E-state index contributed by atoms with van der Waals surface area (Å²) in [6, 6.07) is 23.3. The molecule has 3 aromatic carbocycles. The minimum atomic E-state index is -0.973. The first-order valence-corrected chi connectivity index (χ1v) is 13.3. The summed E-state index contributed by atoms with van der Waals surface area (Å²) < 4.78 is 15.5. The molecule has 1 fully saturated rings. The van der Waals surface area contributed by atoms with Crippen LogP contribution in [0.15, 0.2) is 78.9 Å². The molecule has 2 heterocycles. The highest BCUT2D eigenvalue weighted by molar-refractivity contribution is 7.09. The molecule has 0 bridgehead atoms. The predicted octanol–water partition coefficient (Wildman–Crippen LogP) is 4.69. The van der Waals surface area contributed by atoms with Crippen LogP contribution in [-0.4, -0.2) is 56.9 Å². The first-order valence-electron chi connectivity index (χ1n) is 12.6. The topological polar surface area (TPSA) is 105 Å². The van der Waals surface area contributed by atoms with Crippen LogP contribution in [0, 0.1) is 0 Å². The number of nitrogens with zero attached hydrogens (tertiary/aromatic N) is 4. The van der Waals surface area contributed by atoms with Crippen molar-refractivity contribution in [2.45, 2.75) is 26.0 Å². The fourth-order valence-corrected chi connectivity index (χ4v) is 5.16. The standard InChI is InChI=1S/C29H28N4O5S/c1-19-18-32(16-17-33(19)28(36)24-10-6-7-11-25(24)37-20(2)34)29-30-27(31-39-29)26(35)21-12-14-23(15-13-21)38-22-8-4-3-5-9-22/h3-15,19,26,35H,16-18H2,1-2H3. The fraction of sp³-hybridized carbons (Fsp3) is 0.241. The molecule has 0 aliphatic carbocycles. The van der Waals surface area contributed by atoms with E-state index in [0.717, 1.165) is 5.75 Å². The summed E-state index contributed by atoms with van der Waals surface area (Å²) >= 11 is 1.22. The molecule has 1 aliphatic rings. The van der Waals surface area contributed by atoms with Crippen LogP contribution in [-0.2, 0) is 4.79 Å². The van der Waals surface area contributed by atoms with Crippen LogP contribution >= 0.6 is 11.5 Å². The Kier molecular flexibility index (Phi) is 7.85. The maximum Gasteiger partial charge on any atom is 0.308 e. The number of rotatable bonds is 7. The van der Waals surface area contributed by atoms with Gasteiger partial charge in [0.05, 0.1) is 5.56 Å². The van der Waals surface area contributed by atoms with Crippen LogP contribution in [0.2, 0.25) is 0 Å². The molecule has 9 nitrogen and oxygen atoms in total. The number of ether oxygens (including phenoxy) is 2. The number of anilines is 1. The van der Waals surface area contributed by atoms with Gasteiger partial charge in [-0.2, -0.15) is 4.37 Å². The molecule has 1 N–H and O–H groups in total. The molecule has 1 amide bonds. The van der Waals surface area contributed by atoms with Gasteiger partial charge in [-0.3, -0.25) is 9.59 Å². The lowest BCUT2D eigenvalue weighted by atomic mass is 10.1. The third kappa shape index (κ3) is 6.08. The molecule has 10 heteroatoms. The Bertz CT molecular complexity index is 1440. The largest absolute Gasteiger partial charge is 0.457 e. The second kappa shape index (κ2) is 11.6. The van der Waals surface area contributed by atoms with Gasteiger partial charge in [0.25, 0.3) is 5.91 Å². The Morgan fingerprint density at radius 3 is 2.38 bits per heavy atom. The fourth-order valence-electron chi connectivity index (χ4n) is 4.43. The third-order valence-corrected chi connectivity index (χ3v) is 7.17. The predicted molar refractivity (Wildman–Crippen MR) is 147 cm³/mol. The second-order valence-electron chi connectivity index (χ2n) is 9.21. The average Bonchev–Trinajstić information content (AvgIpc) is 3.44. The van der Waals surface area contributed by atoms with E-state index in [0.29, 0.717) is 47.5 Å². The highest BCUT2D eigenvalue weighted by Gasteiger charge is 2.31. The van der Waals surface area contributed by atoms with Crippen molar-refractivity contribution in [3.63, 3.8) is 0 Å². The van der Waals surface area contributed by atoms with E-state index in [-0.39, 0.29) is 17.7 Å². The molecule has 2 unspecified atom stereocenters. The summed E-state index contributed by atoms with van der Waals surface area (Å²) in [5, 5.41) is 11.6. The average molecular weight is 545 g/mol. The van der Waals surface area contributed by atoms with Crippen molar-refractivity contribution in [1.29, 1.82) is 0 Å². The van der Waals surface area contributed by atoms with Gasteiger partial charge in [-0.25, -0.2) is 4.98 Å². The summed E-state index contributed by atoms with van der Waals surface area (Å²) in [4.78, 5) is 33.2. The van der Waals surface area contributed by atoms with E-state index < -0.39 is 12.1 Å². The van der Waals surface area contributed by atoms with E-state index in [1.165, 1.54) is 18.5 Å². The van der Waals surface area contributed by atoms with Crippen molar-refractivity contribution >= 4 is 28.5 Å². The number of aliphatic hydroxyl groups excluding tert-OH is 1. The van der Waals surface area contributed by atoms with Crippen molar-refractivity contribution in [1.82, 2.24) is 14.3 Å². The summed E-state index contributed by atoms with van der Waals surface area (Å²) in [6.45, 7) is 4.86. The van der Waals surface area contributed by atoms with Gasteiger partial charge in [-0.15, -0.1) is 0 Å². The number of benzene rings is 3. The first kappa shape index (κ1) is 26.3. The molecule has 0 radical (unpaired) electrons. The van der Waals surface area contributed by atoms with Gasteiger partial charge in [-0.05, 0) is 48.9 Å². The molecule has 0 saturated carbocycles. The molecule has 4 aromatic rings. The Balaban J connectivity index is 1.22. The highest BCUT2D eigenvalue weighted by Crippen LogP contribution is 2.29. The van der Waals surface area contributed by atoms with E-state index in [9.17, 15) is 14.7 Å².